The first-order chi connectivity index (χ1) is 6.77. The fraction of sp³-hybridized carbons (Fsp3) is 0.100. The SMILES string of the molecule is O=Cc1ccc(CO)c2scc(I)c12. The first-order valence-corrected chi connectivity index (χ1v) is 5.98. The van der Waals surface area contributed by atoms with Gasteiger partial charge < -0.3 is 5.11 Å². The highest BCUT2D eigenvalue weighted by Crippen LogP contribution is 2.32. The molecule has 72 valence electrons. The molecule has 0 aliphatic carbocycles. The second-order valence-electron chi connectivity index (χ2n) is 2.88. The topological polar surface area (TPSA) is 37.3 Å². The normalized spacial score (nSPS) is 10.7. The average Bonchev–Trinajstić information content (AvgIpc) is 2.60. The molecule has 0 saturated heterocycles. The minimum atomic E-state index is 0.0201. The molecule has 4 heteroatoms. The maximum atomic E-state index is 10.8. The Labute approximate surface area is 98.7 Å². The molecule has 0 atom stereocenters. The summed E-state index contributed by atoms with van der Waals surface area (Å²) in [6, 6.07) is 3.56. The van der Waals surface area contributed by atoms with Crippen molar-refractivity contribution in [2.75, 3.05) is 0 Å². The molecule has 14 heavy (non-hydrogen) atoms. The lowest BCUT2D eigenvalue weighted by atomic mass is 10.1. The number of benzene rings is 1. The van der Waals surface area contributed by atoms with Crippen molar-refractivity contribution in [3.63, 3.8) is 0 Å². The molecule has 1 N–H and O–H groups in total. The van der Waals surface area contributed by atoms with E-state index >= 15 is 0 Å². The summed E-state index contributed by atoms with van der Waals surface area (Å²) < 4.78 is 2.08. The van der Waals surface area contributed by atoms with Crippen LogP contribution >= 0.6 is 33.9 Å². The molecular weight excluding hydrogens is 311 g/mol. The van der Waals surface area contributed by atoms with Crippen molar-refractivity contribution in [2.45, 2.75) is 6.61 Å². The summed E-state index contributed by atoms with van der Waals surface area (Å²) in [6.45, 7) is 0.0201. The van der Waals surface area contributed by atoms with Crippen molar-refractivity contribution in [1.82, 2.24) is 0 Å². The van der Waals surface area contributed by atoms with Gasteiger partial charge >= 0.3 is 0 Å². The van der Waals surface area contributed by atoms with Crippen LogP contribution in [0.25, 0.3) is 10.1 Å². The van der Waals surface area contributed by atoms with Gasteiger partial charge in [0.05, 0.1) is 6.61 Å². The van der Waals surface area contributed by atoms with E-state index in [1.54, 1.807) is 23.5 Å². The monoisotopic (exact) mass is 318 g/mol. The molecular formula is C10H7IO2S. The van der Waals surface area contributed by atoms with Gasteiger partial charge in [-0.2, -0.15) is 0 Å². The Morgan fingerprint density at radius 2 is 2.29 bits per heavy atom. The Morgan fingerprint density at radius 1 is 1.50 bits per heavy atom. The number of aliphatic hydroxyl groups excluding tert-OH is 1. The third kappa shape index (κ3) is 1.47. The summed E-state index contributed by atoms with van der Waals surface area (Å²) >= 11 is 3.77. The third-order valence-corrected chi connectivity index (χ3v) is 4.42. The highest BCUT2D eigenvalue weighted by Gasteiger charge is 2.09. The molecule has 1 heterocycles. The summed E-state index contributed by atoms with van der Waals surface area (Å²) in [5.41, 5.74) is 1.58. The molecule has 0 radical (unpaired) electrons. The van der Waals surface area contributed by atoms with Gasteiger partial charge in [-0.25, -0.2) is 0 Å². The van der Waals surface area contributed by atoms with E-state index in [0.29, 0.717) is 5.56 Å². The zero-order chi connectivity index (χ0) is 10.1. The van der Waals surface area contributed by atoms with Crippen molar-refractivity contribution < 1.29 is 9.90 Å². The molecule has 0 spiro atoms. The van der Waals surface area contributed by atoms with Crippen molar-refractivity contribution in [2.24, 2.45) is 0 Å². The van der Waals surface area contributed by atoms with Crippen LogP contribution in [0.1, 0.15) is 15.9 Å². The standard InChI is InChI=1S/C10H7IO2S/c11-8-5-14-10-7(4-13)2-1-6(3-12)9(8)10/h1-3,5,13H,4H2. The number of carbonyl (C=O) groups excluding carboxylic acids is 1. The fourth-order valence-corrected chi connectivity index (χ4v) is 3.53. The number of carbonyl (C=O) groups is 1. The van der Waals surface area contributed by atoms with Gasteiger partial charge in [0.15, 0.2) is 6.29 Å². The Kier molecular flexibility index (Phi) is 2.85. The van der Waals surface area contributed by atoms with Gasteiger partial charge in [0.25, 0.3) is 0 Å². The number of rotatable bonds is 2. The predicted molar refractivity (Wildman–Crippen MR) is 65.9 cm³/mol. The third-order valence-electron chi connectivity index (χ3n) is 2.09. The number of fused-ring (bicyclic) bond motifs is 1. The zero-order valence-electron chi connectivity index (χ0n) is 7.16. The predicted octanol–water partition coefficient (Wildman–Crippen LogP) is 2.81. The molecule has 1 aromatic heterocycles. The number of thiophene rings is 1. The quantitative estimate of drug-likeness (QED) is 0.683. The summed E-state index contributed by atoms with van der Waals surface area (Å²) in [5, 5.41) is 12.1. The Balaban J connectivity index is 2.87. The van der Waals surface area contributed by atoms with Crippen LogP contribution in [0, 0.1) is 3.57 Å². The molecule has 0 unspecified atom stereocenters. The van der Waals surface area contributed by atoms with Crippen LogP contribution in [-0.4, -0.2) is 11.4 Å². The maximum Gasteiger partial charge on any atom is 0.150 e. The van der Waals surface area contributed by atoms with E-state index in [1.165, 1.54) is 0 Å². The molecule has 0 aliphatic rings. The lowest BCUT2D eigenvalue weighted by Crippen LogP contribution is -1.88. The average molecular weight is 318 g/mol. The molecule has 2 rings (SSSR count). The minimum Gasteiger partial charge on any atom is -0.392 e. The van der Waals surface area contributed by atoms with Crippen molar-refractivity contribution in [3.05, 3.63) is 32.2 Å². The molecule has 0 aliphatic heterocycles. The molecule has 2 nitrogen and oxygen atoms in total. The Hall–Kier alpha value is -0.460. The number of hydrogen-bond acceptors (Lipinski definition) is 3. The van der Waals surface area contributed by atoms with Gasteiger partial charge in [-0.05, 0) is 28.2 Å². The van der Waals surface area contributed by atoms with Crippen LogP contribution < -0.4 is 0 Å². The van der Waals surface area contributed by atoms with Crippen molar-refractivity contribution in [3.8, 4) is 0 Å². The largest absolute Gasteiger partial charge is 0.392 e. The van der Waals surface area contributed by atoms with Crippen LogP contribution in [0.2, 0.25) is 0 Å². The van der Waals surface area contributed by atoms with E-state index in [2.05, 4.69) is 22.6 Å². The van der Waals surface area contributed by atoms with Gasteiger partial charge in [0.2, 0.25) is 0 Å². The van der Waals surface area contributed by atoms with E-state index in [-0.39, 0.29) is 6.61 Å². The smallest absolute Gasteiger partial charge is 0.150 e. The van der Waals surface area contributed by atoms with Crippen LogP contribution in [0.5, 0.6) is 0 Å². The first kappa shape index (κ1) is 10.1. The van der Waals surface area contributed by atoms with Gasteiger partial charge in [0, 0.05) is 24.6 Å². The van der Waals surface area contributed by atoms with Crippen LogP contribution in [0.3, 0.4) is 0 Å². The lowest BCUT2D eigenvalue weighted by Gasteiger charge is -2.01. The van der Waals surface area contributed by atoms with Crippen molar-refractivity contribution in [1.29, 1.82) is 0 Å². The lowest BCUT2D eigenvalue weighted by molar-refractivity contribution is 0.112. The number of hydrogen-bond donors (Lipinski definition) is 1. The highest BCUT2D eigenvalue weighted by molar-refractivity contribution is 14.1. The number of halogens is 1. The number of aliphatic hydroxyl groups is 1. The van der Waals surface area contributed by atoms with E-state index < -0.39 is 0 Å². The van der Waals surface area contributed by atoms with E-state index in [9.17, 15) is 4.79 Å². The van der Waals surface area contributed by atoms with E-state index in [1.807, 2.05) is 5.38 Å². The summed E-state index contributed by atoms with van der Waals surface area (Å²) in [5.74, 6) is 0. The molecule has 0 fully saturated rings. The molecule has 0 amide bonds. The molecule has 1 aromatic carbocycles. The Bertz CT molecular complexity index is 490. The van der Waals surface area contributed by atoms with E-state index in [0.717, 1.165) is 25.5 Å². The molecule has 0 saturated carbocycles. The van der Waals surface area contributed by atoms with Gasteiger partial charge in [-0.15, -0.1) is 11.3 Å². The summed E-state index contributed by atoms with van der Waals surface area (Å²) in [4.78, 5) is 10.8. The summed E-state index contributed by atoms with van der Waals surface area (Å²) in [6.07, 6.45) is 0.859. The van der Waals surface area contributed by atoms with Crippen LogP contribution in [-0.2, 0) is 6.61 Å². The fourth-order valence-electron chi connectivity index (χ4n) is 1.41. The Morgan fingerprint density at radius 3 is 2.93 bits per heavy atom. The molecule has 2 aromatic rings. The highest BCUT2D eigenvalue weighted by atomic mass is 127. The number of aldehydes is 1. The maximum absolute atomic E-state index is 10.8. The van der Waals surface area contributed by atoms with Crippen LogP contribution in [0.4, 0.5) is 0 Å². The first-order valence-electron chi connectivity index (χ1n) is 4.02. The molecule has 0 bridgehead atoms. The van der Waals surface area contributed by atoms with Crippen molar-refractivity contribution >= 4 is 50.3 Å². The second kappa shape index (κ2) is 3.96. The van der Waals surface area contributed by atoms with Gasteiger partial charge in [-0.1, -0.05) is 12.1 Å². The van der Waals surface area contributed by atoms with Gasteiger partial charge in [-0.3, -0.25) is 4.79 Å². The minimum absolute atomic E-state index is 0.0201. The second-order valence-corrected chi connectivity index (χ2v) is 4.92. The zero-order valence-corrected chi connectivity index (χ0v) is 10.1. The van der Waals surface area contributed by atoms with E-state index in [4.69, 9.17) is 5.11 Å². The summed E-state index contributed by atoms with van der Waals surface area (Å²) in [7, 11) is 0. The van der Waals surface area contributed by atoms with Gasteiger partial charge in [0.1, 0.15) is 0 Å². The van der Waals surface area contributed by atoms with Crippen LogP contribution in [0.15, 0.2) is 17.5 Å².